The van der Waals surface area contributed by atoms with Gasteiger partial charge in [-0.2, -0.15) is 18.4 Å². The molecule has 35 heavy (non-hydrogen) atoms. The summed E-state index contributed by atoms with van der Waals surface area (Å²) in [5, 5.41) is 11.4. The van der Waals surface area contributed by atoms with Crippen LogP contribution in [-0.4, -0.2) is 21.3 Å². The summed E-state index contributed by atoms with van der Waals surface area (Å²) < 4.78 is 55.4. The van der Waals surface area contributed by atoms with E-state index in [1.54, 1.807) is 6.92 Å². The highest BCUT2D eigenvalue weighted by atomic mass is 19.4. The van der Waals surface area contributed by atoms with Gasteiger partial charge in [0, 0.05) is 23.6 Å². The van der Waals surface area contributed by atoms with Gasteiger partial charge in [-0.25, -0.2) is 9.37 Å². The van der Waals surface area contributed by atoms with E-state index in [2.05, 4.69) is 15.3 Å². The summed E-state index contributed by atoms with van der Waals surface area (Å²) in [5.41, 5.74) is 4.42. The van der Waals surface area contributed by atoms with Crippen molar-refractivity contribution in [2.24, 2.45) is 10.7 Å². The average Bonchev–Trinajstić information content (AvgIpc) is 3.26. The van der Waals surface area contributed by atoms with Gasteiger partial charge in [-0.05, 0) is 43.3 Å². The molecule has 1 aliphatic heterocycles. The van der Waals surface area contributed by atoms with Gasteiger partial charge in [-0.3, -0.25) is 9.79 Å². The van der Waals surface area contributed by atoms with Crippen LogP contribution < -0.4 is 11.1 Å². The number of aromatic nitrogens is 2. The maximum atomic E-state index is 14.8. The molecule has 1 aliphatic rings. The number of nitriles is 1. The van der Waals surface area contributed by atoms with E-state index in [0.717, 1.165) is 18.3 Å². The molecule has 0 saturated heterocycles. The number of nitrogens with two attached hydrogens (primary N) is 1. The van der Waals surface area contributed by atoms with E-state index in [9.17, 15) is 22.4 Å². The van der Waals surface area contributed by atoms with Crippen molar-refractivity contribution in [3.63, 3.8) is 0 Å². The fourth-order valence-corrected chi connectivity index (χ4v) is 3.65. The lowest BCUT2D eigenvalue weighted by atomic mass is 9.90. The summed E-state index contributed by atoms with van der Waals surface area (Å²) >= 11 is 0. The number of amidine groups is 1. The molecule has 0 radical (unpaired) electrons. The van der Waals surface area contributed by atoms with E-state index in [4.69, 9.17) is 11.0 Å². The number of nitrogens with zero attached hydrogens (tertiary/aromatic N) is 4. The Hall–Kier alpha value is -4.20. The van der Waals surface area contributed by atoms with Gasteiger partial charge in [0.1, 0.15) is 29.0 Å². The first-order valence-corrected chi connectivity index (χ1v) is 10.6. The summed E-state index contributed by atoms with van der Waals surface area (Å²) in [6, 6.07) is 9.41. The van der Waals surface area contributed by atoms with Gasteiger partial charge in [0.25, 0.3) is 5.91 Å². The van der Waals surface area contributed by atoms with Crippen LogP contribution in [0.3, 0.4) is 0 Å². The molecule has 0 aliphatic carbocycles. The molecule has 1 amide bonds. The van der Waals surface area contributed by atoms with Crippen LogP contribution in [0.1, 0.15) is 53.6 Å². The number of hydrogen-bond acceptors (Lipinski definition) is 5. The van der Waals surface area contributed by atoms with Gasteiger partial charge in [-0.1, -0.05) is 13.8 Å². The molecule has 4 rings (SSSR count). The van der Waals surface area contributed by atoms with Crippen LogP contribution >= 0.6 is 0 Å². The highest BCUT2D eigenvalue weighted by Crippen LogP contribution is 2.38. The van der Waals surface area contributed by atoms with Gasteiger partial charge in [0.15, 0.2) is 0 Å². The van der Waals surface area contributed by atoms with E-state index in [-0.39, 0.29) is 40.6 Å². The predicted octanol–water partition coefficient (Wildman–Crippen LogP) is 4.83. The number of pyridine rings is 1. The molecule has 11 heteroatoms. The first-order chi connectivity index (χ1) is 16.5. The fraction of sp³-hybridized carbons (Fsp3) is 0.250. The first kappa shape index (κ1) is 25.4. The lowest BCUT2D eigenvalue weighted by Crippen LogP contribution is -2.37. The number of nitrogens with one attached hydrogen (secondary N) is 1. The number of benzene rings is 1. The average molecular weight is 486 g/mol. The topological polar surface area (TPSA) is 109 Å². The summed E-state index contributed by atoms with van der Waals surface area (Å²) in [6.45, 7) is 5.45. The van der Waals surface area contributed by atoms with Crippen LogP contribution in [0.25, 0.3) is 0 Å². The Morgan fingerprint density at radius 2 is 1.94 bits per heavy atom. The molecule has 1 aromatic carbocycles. The molecule has 3 N–H and O–H groups in total. The summed E-state index contributed by atoms with van der Waals surface area (Å²) in [7, 11) is 0. The number of amides is 1. The third kappa shape index (κ3) is 5.16. The number of anilines is 1. The molecule has 0 bridgehead atoms. The maximum Gasteiger partial charge on any atom is 0.417 e. The van der Waals surface area contributed by atoms with E-state index in [1.807, 2.05) is 19.9 Å². The Bertz CT molecular complexity index is 1320. The first-order valence-electron chi connectivity index (χ1n) is 10.6. The summed E-state index contributed by atoms with van der Waals surface area (Å²) in [6.07, 6.45) is -2.40. The van der Waals surface area contributed by atoms with Crippen molar-refractivity contribution < 1.29 is 22.4 Å². The summed E-state index contributed by atoms with van der Waals surface area (Å²) in [4.78, 5) is 20.7. The fourth-order valence-electron chi connectivity index (χ4n) is 3.65. The predicted molar refractivity (Wildman–Crippen MR) is 122 cm³/mol. The number of alkyl halides is 3. The van der Waals surface area contributed by atoms with Crippen molar-refractivity contribution in [1.29, 1.82) is 5.26 Å². The van der Waals surface area contributed by atoms with Crippen molar-refractivity contribution >= 4 is 17.4 Å². The van der Waals surface area contributed by atoms with E-state index in [1.165, 1.54) is 35.0 Å². The van der Waals surface area contributed by atoms with Gasteiger partial charge >= 0.3 is 6.18 Å². The highest BCUT2D eigenvalue weighted by molar-refractivity contribution is 6.03. The maximum absolute atomic E-state index is 14.8. The van der Waals surface area contributed by atoms with Crippen LogP contribution in [0.5, 0.6) is 0 Å². The zero-order chi connectivity index (χ0) is 26.0. The minimum absolute atomic E-state index is 0.0441. The molecule has 2 aromatic heterocycles. The van der Waals surface area contributed by atoms with Gasteiger partial charge in [0.05, 0.1) is 23.4 Å². The normalized spacial score (nSPS) is 16.8. The Kier molecular flexibility index (Phi) is 6.96. The second-order valence-electron chi connectivity index (χ2n) is 7.70. The standard InChI is InChI=1S/C22H16F4N6O.C2H6/c1-21(11-32-10-13(22(24,25)26)6-18(32)19(28)31-21)15-7-14(3-4-16(15)23)30-20(33)17-5-2-12(8-27)9-29-17;1-2/h2-7,9-10H,11H2,1H3,(H2,28,31)(H,30,33);1-2H3. The minimum Gasteiger partial charge on any atom is -0.382 e. The van der Waals surface area contributed by atoms with Crippen LogP contribution in [0, 0.1) is 17.1 Å². The third-order valence-corrected chi connectivity index (χ3v) is 5.26. The van der Waals surface area contributed by atoms with Crippen molar-refractivity contribution in [3.8, 4) is 6.07 Å². The number of halogens is 4. The van der Waals surface area contributed by atoms with Crippen molar-refractivity contribution in [2.75, 3.05) is 5.32 Å². The molecule has 0 spiro atoms. The molecule has 1 unspecified atom stereocenters. The lowest BCUT2D eigenvalue weighted by molar-refractivity contribution is -0.137. The third-order valence-electron chi connectivity index (χ3n) is 5.26. The molecule has 7 nitrogen and oxygen atoms in total. The molecule has 0 saturated carbocycles. The molecule has 182 valence electrons. The van der Waals surface area contributed by atoms with Crippen molar-refractivity contribution in [2.45, 2.75) is 39.0 Å². The van der Waals surface area contributed by atoms with Crippen LogP contribution in [0.4, 0.5) is 23.2 Å². The molecule has 3 aromatic rings. The lowest BCUT2D eigenvalue weighted by Gasteiger charge is -2.32. The van der Waals surface area contributed by atoms with Crippen LogP contribution in [-0.2, 0) is 18.3 Å². The second-order valence-corrected chi connectivity index (χ2v) is 7.70. The number of fused-ring (bicyclic) bond motifs is 1. The minimum atomic E-state index is -4.56. The van der Waals surface area contributed by atoms with Crippen LogP contribution in [0.2, 0.25) is 0 Å². The van der Waals surface area contributed by atoms with Crippen molar-refractivity contribution in [1.82, 2.24) is 9.55 Å². The molecule has 1 atom stereocenters. The van der Waals surface area contributed by atoms with E-state index >= 15 is 0 Å². The van der Waals surface area contributed by atoms with Gasteiger partial charge in [0.2, 0.25) is 0 Å². The smallest absolute Gasteiger partial charge is 0.382 e. The number of carbonyl (C=O) groups excluding carboxylic acids is 1. The Balaban J connectivity index is 0.00000167. The Labute approximate surface area is 198 Å². The number of rotatable bonds is 3. The second kappa shape index (κ2) is 9.58. The monoisotopic (exact) mass is 486 g/mol. The van der Waals surface area contributed by atoms with E-state index in [0.29, 0.717) is 0 Å². The highest BCUT2D eigenvalue weighted by Gasteiger charge is 2.38. The Morgan fingerprint density at radius 1 is 1.23 bits per heavy atom. The quantitative estimate of drug-likeness (QED) is 0.517. The van der Waals surface area contributed by atoms with Crippen LogP contribution in [0.15, 0.2) is 53.8 Å². The Morgan fingerprint density at radius 3 is 2.54 bits per heavy atom. The molecular weight excluding hydrogens is 464 g/mol. The zero-order valence-corrected chi connectivity index (χ0v) is 19.1. The molecular formula is C24H22F4N6O. The summed E-state index contributed by atoms with van der Waals surface area (Å²) in [5.74, 6) is -1.40. The van der Waals surface area contributed by atoms with Crippen molar-refractivity contribution in [3.05, 3.63) is 82.7 Å². The van der Waals surface area contributed by atoms with Gasteiger partial charge < -0.3 is 15.6 Å². The van der Waals surface area contributed by atoms with Gasteiger partial charge in [-0.15, -0.1) is 0 Å². The SMILES string of the molecule is CC.CC1(c2cc(NC(=O)c3ccc(C#N)cn3)ccc2F)Cn2cc(C(F)(F)F)cc2C(N)=N1. The zero-order valence-electron chi connectivity index (χ0n) is 19.1. The number of carbonyl (C=O) groups is 1. The number of hydrogen-bond donors (Lipinski definition) is 2. The molecule has 0 fully saturated rings. The largest absolute Gasteiger partial charge is 0.417 e. The number of aliphatic imine (C=N–C) groups is 1. The van der Waals surface area contributed by atoms with E-state index < -0.39 is 29.0 Å². The molecule has 3 heterocycles.